The quantitative estimate of drug-likeness (QED) is 0.0861. The Morgan fingerprint density at radius 1 is 0.778 bits per heavy atom. The van der Waals surface area contributed by atoms with E-state index in [4.69, 9.17) is 26.8 Å². The van der Waals surface area contributed by atoms with Crippen molar-refractivity contribution in [3.8, 4) is 11.5 Å². The number of nitrogen functional groups attached to an aromatic ring is 1. The minimum Gasteiger partial charge on any atom is -0.497 e. The number of anilines is 3. The minimum absolute atomic E-state index is 0.163. The maximum Gasteiger partial charge on any atom is 0.228 e. The van der Waals surface area contributed by atoms with Crippen LogP contribution in [0.2, 0.25) is 5.28 Å². The Bertz CT molecular complexity index is 1850. The van der Waals surface area contributed by atoms with Crippen LogP contribution >= 0.6 is 67.0 Å². The molecule has 0 aliphatic carbocycles. The first-order valence-electron chi connectivity index (χ1n) is 12.1. The number of ether oxygens (including phenoxy) is 2. The molecule has 244 valence electrons. The second kappa shape index (κ2) is 17.5. The van der Waals surface area contributed by atoms with E-state index in [-0.39, 0.29) is 15.1 Å². The van der Waals surface area contributed by atoms with Gasteiger partial charge in [-0.2, -0.15) is 0 Å². The molecular weight excluding hydrogens is 816 g/mol. The molecule has 0 saturated carbocycles. The summed E-state index contributed by atoms with van der Waals surface area (Å²) < 4.78 is 57.4. The standard InChI is InChI=1S/C13H14BrN3O3S2.C8H11NO3S.C5H4BrClN2S/c1-20-9-4-8(5-10(6-9)22(3,18)19)16-13-15-7-11(14)12(17-13)21-2;1-12-7-3-6(9)4-8(5-7)13(2,10)11;1-10-4-3(6)2-8-5(7)9-4/h4-7H,1-3H3,(H,15,16,17);3-5H,9H2,1-2H3;2H,1H3. The van der Waals surface area contributed by atoms with Gasteiger partial charge in [-0.3, -0.25) is 0 Å². The molecule has 0 aliphatic heterocycles. The van der Waals surface area contributed by atoms with Crippen LogP contribution in [0.1, 0.15) is 0 Å². The molecule has 2 aromatic heterocycles. The third-order valence-electron chi connectivity index (χ3n) is 5.15. The number of methoxy groups -OCH3 is 2. The second-order valence-corrected chi connectivity index (χ2v) is 16.2. The lowest BCUT2D eigenvalue weighted by atomic mass is 10.3. The molecule has 4 rings (SSSR count). The van der Waals surface area contributed by atoms with Crippen molar-refractivity contribution in [2.75, 3.05) is 50.3 Å². The Kier molecular flexibility index (Phi) is 15.1. The molecule has 0 bridgehead atoms. The van der Waals surface area contributed by atoms with Crippen molar-refractivity contribution >= 4 is 104 Å². The zero-order valence-corrected chi connectivity index (χ0v) is 31.9. The van der Waals surface area contributed by atoms with Gasteiger partial charge in [0.25, 0.3) is 0 Å². The van der Waals surface area contributed by atoms with Gasteiger partial charge in [0.2, 0.25) is 11.2 Å². The molecule has 0 atom stereocenters. The molecule has 0 radical (unpaired) electrons. The van der Waals surface area contributed by atoms with Crippen LogP contribution in [-0.4, -0.2) is 76.0 Å². The monoisotopic (exact) mass is 842 g/mol. The average molecular weight is 845 g/mol. The van der Waals surface area contributed by atoms with Gasteiger partial charge < -0.3 is 20.5 Å². The van der Waals surface area contributed by atoms with E-state index in [2.05, 4.69) is 57.1 Å². The number of hydrogen-bond donors (Lipinski definition) is 2. The minimum atomic E-state index is -3.34. The van der Waals surface area contributed by atoms with E-state index in [9.17, 15) is 16.8 Å². The highest BCUT2D eigenvalue weighted by Crippen LogP contribution is 2.28. The molecule has 2 aromatic carbocycles. The van der Waals surface area contributed by atoms with Crippen LogP contribution in [0.3, 0.4) is 0 Å². The number of aromatic nitrogens is 4. The molecule has 0 unspecified atom stereocenters. The van der Waals surface area contributed by atoms with Crippen LogP contribution in [0.5, 0.6) is 11.5 Å². The Hall–Kier alpha value is -2.35. The summed E-state index contributed by atoms with van der Waals surface area (Å²) in [6.07, 6.45) is 9.39. The van der Waals surface area contributed by atoms with Crippen LogP contribution in [0.4, 0.5) is 17.3 Å². The van der Waals surface area contributed by atoms with E-state index >= 15 is 0 Å². The molecule has 0 saturated heterocycles. The summed E-state index contributed by atoms with van der Waals surface area (Å²) >= 11 is 15.2. The molecule has 12 nitrogen and oxygen atoms in total. The Labute approximate surface area is 292 Å². The van der Waals surface area contributed by atoms with Crippen LogP contribution in [0.25, 0.3) is 0 Å². The predicted molar refractivity (Wildman–Crippen MR) is 188 cm³/mol. The van der Waals surface area contributed by atoms with Crippen molar-refractivity contribution in [2.45, 2.75) is 19.8 Å². The van der Waals surface area contributed by atoms with Crippen LogP contribution in [0.15, 0.2) is 77.6 Å². The third kappa shape index (κ3) is 12.8. The van der Waals surface area contributed by atoms with E-state index in [1.54, 1.807) is 24.5 Å². The summed E-state index contributed by atoms with van der Waals surface area (Å²) in [5.74, 6) is 1.26. The molecule has 19 heteroatoms. The maximum atomic E-state index is 11.7. The topological polar surface area (TPSA) is 176 Å². The summed E-state index contributed by atoms with van der Waals surface area (Å²) in [5.41, 5.74) is 6.40. The van der Waals surface area contributed by atoms with Crippen molar-refractivity contribution in [3.63, 3.8) is 0 Å². The SMILES string of the molecule is COc1cc(N)cc(S(C)(=O)=O)c1.COc1cc(Nc2ncc(Br)c(SC)n2)cc(S(C)(=O)=O)c1.CSc1nc(Cl)ncc1Br. The number of halogens is 3. The van der Waals surface area contributed by atoms with Crippen molar-refractivity contribution in [2.24, 2.45) is 0 Å². The van der Waals surface area contributed by atoms with E-state index < -0.39 is 19.7 Å². The van der Waals surface area contributed by atoms with Crippen LogP contribution in [0, 0.1) is 0 Å². The number of sulfone groups is 2. The number of nitrogens with two attached hydrogens (primary N) is 1. The van der Waals surface area contributed by atoms with Gasteiger partial charge in [-0.05, 0) is 80.2 Å². The first-order valence-corrected chi connectivity index (χ1v) is 20.3. The van der Waals surface area contributed by atoms with Gasteiger partial charge in [-0.15, -0.1) is 23.5 Å². The van der Waals surface area contributed by atoms with Gasteiger partial charge in [0.05, 0.1) is 33.0 Å². The Morgan fingerprint density at radius 2 is 1.27 bits per heavy atom. The maximum absolute atomic E-state index is 11.7. The molecule has 45 heavy (non-hydrogen) atoms. The molecule has 0 aliphatic rings. The van der Waals surface area contributed by atoms with Gasteiger partial charge in [0.1, 0.15) is 21.6 Å². The number of rotatable bonds is 8. The Balaban J connectivity index is 0.000000259. The highest BCUT2D eigenvalue weighted by molar-refractivity contribution is 9.10. The van der Waals surface area contributed by atoms with E-state index in [1.807, 2.05) is 12.5 Å². The first-order chi connectivity index (χ1) is 21.0. The van der Waals surface area contributed by atoms with Gasteiger partial charge >= 0.3 is 0 Å². The number of nitrogens with one attached hydrogen (secondary N) is 1. The number of nitrogens with zero attached hydrogens (tertiary/aromatic N) is 4. The van der Waals surface area contributed by atoms with Gasteiger partial charge in [-0.25, -0.2) is 36.8 Å². The lowest BCUT2D eigenvalue weighted by molar-refractivity contribution is 0.413. The fraction of sp³-hybridized carbons (Fsp3) is 0.231. The zero-order valence-electron chi connectivity index (χ0n) is 24.7. The summed E-state index contributed by atoms with van der Waals surface area (Å²) in [6, 6.07) is 9.06. The summed E-state index contributed by atoms with van der Waals surface area (Å²) in [7, 11) is -3.62. The van der Waals surface area contributed by atoms with Crippen molar-refractivity contribution in [3.05, 3.63) is 63.0 Å². The fourth-order valence-corrected chi connectivity index (χ4v) is 6.80. The van der Waals surface area contributed by atoms with Crippen molar-refractivity contribution in [1.29, 1.82) is 0 Å². The largest absolute Gasteiger partial charge is 0.497 e. The van der Waals surface area contributed by atoms with Crippen LogP contribution in [-0.2, 0) is 19.7 Å². The highest BCUT2D eigenvalue weighted by atomic mass is 79.9. The average Bonchev–Trinajstić information content (AvgIpc) is 2.98. The smallest absolute Gasteiger partial charge is 0.228 e. The highest BCUT2D eigenvalue weighted by Gasteiger charge is 2.12. The zero-order chi connectivity index (χ0) is 33.9. The van der Waals surface area contributed by atoms with Crippen LogP contribution < -0.4 is 20.5 Å². The number of thioether (sulfide) groups is 2. The van der Waals surface area contributed by atoms with Gasteiger partial charge in [-0.1, -0.05) is 0 Å². The first kappa shape index (κ1) is 38.8. The van der Waals surface area contributed by atoms with Gasteiger partial charge in [0.15, 0.2) is 19.7 Å². The van der Waals surface area contributed by atoms with E-state index in [1.165, 1.54) is 62.0 Å². The van der Waals surface area contributed by atoms with Crippen molar-refractivity contribution < 1.29 is 26.3 Å². The second-order valence-electron chi connectivity index (χ2n) is 8.56. The molecular formula is C26H29Br2ClN6O6S4. The predicted octanol–water partition coefficient (Wildman–Crippen LogP) is 6.41. The number of hydrogen-bond acceptors (Lipinski definition) is 14. The Morgan fingerprint density at radius 3 is 1.76 bits per heavy atom. The van der Waals surface area contributed by atoms with Gasteiger partial charge in [0, 0.05) is 48.4 Å². The molecule has 0 amide bonds. The molecule has 0 fully saturated rings. The van der Waals surface area contributed by atoms with E-state index in [0.717, 1.165) is 31.5 Å². The van der Waals surface area contributed by atoms with Crippen molar-refractivity contribution in [1.82, 2.24) is 19.9 Å². The fourth-order valence-electron chi connectivity index (χ4n) is 3.06. The molecule has 2 heterocycles. The normalized spacial score (nSPS) is 11.0. The summed E-state index contributed by atoms with van der Waals surface area (Å²) in [6.45, 7) is 0. The molecule has 3 N–H and O–H groups in total. The number of benzene rings is 2. The molecule has 4 aromatic rings. The van der Waals surface area contributed by atoms with E-state index in [0.29, 0.717) is 28.8 Å². The lowest BCUT2D eigenvalue weighted by Crippen LogP contribution is -2.02. The summed E-state index contributed by atoms with van der Waals surface area (Å²) in [5, 5.41) is 4.92. The summed E-state index contributed by atoms with van der Waals surface area (Å²) in [4.78, 5) is 16.6. The lowest BCUT2D eigenvalue weighted by Gasteiger charge is -2.10. The molecule has 0 spiro atoms. The third-order valence-corrected chi connectivity index (χ3v) is 10.6.